The number of nitrogens with zero attached hydrogens (tertiary/aromatic N) is 5. The van der Waals surface area contributed by atoms with Crippen LogP contribution in [-0.2, 0) is 4.74 Å². The molecule has 5 rings (SSSR count). The van der Waals surface area contributed by atoms with Gasteiger partial charge in [-0.3, -0.25) is 9.58 Å². The molecule has 0 bridgehead atoms. The van der Waals surface area contributed by atoms with E-state index in [1.54, 1.807) is 24.0 Å². The lowest BCUT2D eigenvalue weighted by Gasteiger charge is -2.46. The number of fused-ring (bicyclic) bond motifs is 1. The first-order chi connectivity index (χ1) is 15.0. The second-order valence-corrected chi connectivity index (χ2v) is 8.48. The van der Waals surface area contributed by atoms with Crippen LogP contribution in [0.3, 0.4) is 0 Å². The van der Waals surface area contributed by atoms with Crippen LogP contribution in [0, 0.1) is 6.92 Å². The van der Waals surface area contributed by atoms with Gasteiger partial charge in [-0.1, -0.05) is 0 Å². The lowest BCUT2D eigenvalue weighted by atomic mass is 9.89. The number of ether oxygens (including phenoxy) is 2. The number of hydrogen-bond acceptors (Lipinski definition) is 7. The van der Waals surface area contributed by atoms with Crippen molar-refractivity contribution in [2.75, 3.05) is 38.2 Å². The molecule has 2 fully saturated rings. The zero-order valence-electron chi connectivity index (χ0n) is 18.1. The minimum atomic E-state index is -1.39. The predicted molar refractivity (Wildman–Crippen MR) is 115 cm³/mol. The third-order valence-corrected chi connectivity index (χ3v) is 6.28. The molecule has 0 amide bonds. The molecule has 2 aliphatic rings. The van der Waals surface area contributed by atoms with Crippen LogP contribution >= 0.6 is 0 Å². The average molecular weight is 430 g/mol. The number of halogens is 1. The number of alkyl halides is 1. The second kappa shape index (κ2) is 7.76. The fourth-order valence-electron chi connectivity index (χ4n) is 4.49. The third kappa shape index (κ3) is 3.63. The summed E-state index contributed by atoms with van der Waals surface area (Å²) in [5.41, 5.74) is 0.903. The van der Waals surface area contributed by atoms with E-state index >= 15 is 4.39 Å². The number of nitrogens with one attached hydrogen (secondary N) is 2. The summed E-state index contributed by atoms with van der Waals surface area (Å²) in [7, 11) is 0. The monoisotopic (exact) mass is 429 g/mol. The summed E-state index contributed by atoms with van der Waals surface area (Å²) < 4.78 is 28.4. The van der Waals surface area contributed by atoms with Gasteiger partial charge in [0.1, 0.15) is 11.3 Å². The van der Waals surface area contributed by atoms with Crippen molar-refractivity contribution in [3.63, 3.8) is 0 Å². The number of likely N-dealkylation sites (tertiary alicyclic amines) is 1. The highest BCUT2D eigenvalue weighted by Gasteiger charge is 2.45. The number of piperidine rings is 1. The van der Waals surface area contributed by atoms with E-state index in [4.69, 9.17) is 9.47 Å². The van der Waals surface area contributed by atoms with Crippen LogP contribution < -0.4 is 10.1 Å². The van der Waals surface area contributed by atoms with E-state index in [0.29, 0.717) is 56.3 Å². The highest BCUT2D eigenvalue weighted by molar-refractivity contribution is 5.82. The van der Waals surface area contributed by atoms with Crippen LogP contribution in [0.4, 0.5) is 16.0 Å². The van der Waals surface area contributed by atoms with Crippen molar-refractivity contribution in [1.82, 2.24) is 29.6 Å². The van der Waals surface area contributed by atoms with E-state index in [0.717, 1.165) is 23.3 Å². The number of hydrogen-bond donors (Lipinski definition) is 2. The quantitative estimate of drug-likeness (QED) is 0.622. The molecule has 3 aromatic heterocycles. The molecule has 2 saturated heterocycles. The number of H-pyrrole nitrogens is 1. The number of anilines is 2. The Hall–Kier alpha value is -2.72. The van der Waals surface area contributed by atoms with E-state index in [1.165, 1.54) is 0 Å². The molecule has 0 aliphatic carbocycles. The van der Waals surface area contributed by atoms with Gasteiger partial charge in [0.15, 0.2) is 0 Å². The predicted octanol–water partition coefficient (Wildman–Crippen LogP) is 2.98. The zero-order chi connectivity index (χ0) is 21.6. The topological polar surface area (TPSA) is 93.1 Å². The van der Waals surface area contributed by atoms with Gasteiger partial charge in [0.05, 0.1) is 54.9 Å². The van der Waals surface area contributed by atoms with Crippen molar-refractivity contribution >= 4 is 22.7 Å². The molecule has 166 valence electrons. The van der Waals surface area contributed by atoms with Gasteiger partial charge < -0.3 is 19.8 Å². The van der Waals surface area contributed by atoms with Crippen LogP contribution in [0.25, 0.3) is 11.0 Å². The first-order valence-corrected chi connectivity index (χ1v) is 10.8. The molecule has 5 heterocycles. The highest BCUT2D eigenvalue weighted by Crippen LogP contribution is 2.38. The van der Waals surface area contributed by atoms with Crippen molar-refractivity contribution < 1.29 is 13.9 Å². The van der Waals surface area contributed by atoms with Gasteiger partial charge in [0, 0.05) is 19.3 Å². The molecule has 0 spiro atoms. The number of aromatic amines is 1. The summed E-state index contributed by atoms with van der Waals surface area (Å²) in [5.74, 6) is 0.925. The van der Waals surface area contributed by atoms with Gasteiger partial charge in [-0.15, -0.1) is 0 Å². The lowest BCUT2D eigenvalue weighted by Crippen LogP contribution is -2.58. The van der Waals surface area contributed by atoms with E-state index in [2.05, 4.69) is 30.3 Å². The minimum absolute atomic E-state index is 0.328. The van der Waals surface area contributed by atoms with Crippen LogP contribution in [0.1, 0.15) is 32.0 Å². The second-order valence-electron chi connectivity index (χ2n) is 8.48. The highest BCUT2D eigenvalue weighted by atomic mass is 19.1. The SMILES string of the molecule is CCOc1nc(Nc2cnn([C@@H]3CCN(C4COC4)C[C@]3(C)F)c2C)nc2[nH]ccc12. The van der Waals surface area contributed by atoms with E-state index in [-0.39, 0.29) is 6.04 Å². The summed E-state index contributed by atoms with van der Waals surface area (Å²) in [6, 6.07) is 1.90. The maximum absolute atomic E-state index is 15.7. The van der Waals surface area contributed by atoms with Crippen LogP contribution in [0.5, 0.6) is 5.88 Å². The molecular weight excluding hydrogens is 401 g/mol. The average Bonchev–Trinajstić information content (AvgIpc) is 3.28. The molecule has 2 aliphatic heterocycles. The summed E-state index contributed by atoms with van der Waals surface area (Å²) >= 11 is 0. The first kappa shape index (κ1) is 20.2. The molecular formula is C21H28FN7O2. The van der Waals surface area contributed by atoms with Crippen molar-refractivity contribution in [1.29, 1.82) is 0 Å². The Bertz CT molecular complexity index is 1080. The fourth-order valence-corrected chi connectivity index (χ4v) is 4.49. The molecule has 9 nitrogen and oxygen atoms in total. The molecule has 0 saturated carbocycles. The molecule has 2 N–H and O–H groups in total. The fraction of sp³-hybridized carbons (Fsp3) is 0.571. The smallest absolute Gasteiger partial charge is 0.232 e. The Morgan fingerprint density at radius 1 is 1.39 bits per heavy atom. The maximum atomic E-state index is 15.7. The van der Waals surface area contributed by atoms with Gasteiger partial charge in [0.2, 0.25) is 11.8 Å². The summed E-state index contributed by atoms with van der Waals surface area (Å²) in [4.78, 5) is 14.3. The normalized spacial score (nSPS) is 25.0. The number of rotatable bonds is 6. The van der Waals surface area contributed by atoms with E-state index in [1.807, 2.05) is 19.9 Å². The van der Waals surface area contributed by atoms with E-state index in [9.17, 15) is 0 Å². The molecule has 3 aromatic rings. The largest absolute Gasteiger partial charge is 0.477 e. The van der Waals surface area contributed by atoms with Crippen molar-refractivity contribution in [2.24, 2.45) is 0 Å². The Labute approximate surface area is 179 Å². The molecule has 10 heteroatoms. The summed E-state index contributed by atoms with van der Waals surface area (Å²) in [6.07, 6.45) is 4.21. The summed E-state index contributed by atoms with van der Waals surface area (Å²) in [5, 5.41) is 8.58. The van der Waals surface area contributed by atoms with Crippen LogP contribution in [0.2, 0.25) is 0 Å². The Kier molecular flexibility index (Phi) is 5.05. The maximum Gasteiger partial charge on any atom is 0.232 e. The van der Waals surface area contributed by atoms with Gasteiger partial charge >= 0.3 is 0 Å². The third-order valence-electron chi connectivity index (χ3n) is 6.28. The van der Waals surface area contributed by atoms with Crippen molar-refractivity contribution in [2.45, 2.75) is 44.9 Å². The van der Waals surface area contributed by atoms with Crippen LogP contribution in [0.15, 0.2) is 18.5 Å². The molecule has 0 aromatic carbocycles. The molecule has 2 atom stereocenters. The van der Waals surface area contributed by atoms with E-state index < -0.39 is 5.67 Å². The van der Waals surface area contributed by atoms with Gasteiger partial charge in [0.25, 0.3) is 0 Å². The Balaban J connectivity index is 1.37. The van der Waals surface area contributed by atoms with Gasteiger partial charge in [-0.25, -0.2) is 4.39 Å². The van der Waals surface area contributed by atoms with Gasteiger partial charge in [-0.2, -0.15) is 15.1 Å². The number of aromatic nitrogens is 5. The van der Waals surface area contributed by atoms with Gasteiger partial charge in [-0.05, 0) is 33.3 Å². The zero-order valence-corrected chi connectivity index (χ0v) is 18.1. The first-order valence-electron chi connectivity index (χ1n) is 10.8. The van der Waals surface area contributed by atoms with Crippen LogP contribution in [-0.4, -0.2) is 74.3 Å². The summed E-state index contributed by atoms with van der Waals surface area (Å²) in [6.45, 7) is 8.66. The molecule has 0 radical (unpaired) electrons. The molecule has 31 heavy (non-hydrogen) atoms. The standard InChI is InChI=1S/C21H28FN7O2/c1-4-31-19-15-5-7-23-18(15)26-20(27-19)25-16-9-24-29(13(16)2)17-6-8-28(12-21(17,3)22)14-10-30-11-14/h5,7,9,14,17H,4,6,8,10-12H2,1-3H3,(H2,23,25,26,27)/t17-,21+/m1/s1. The minimum Gasteiger partial charge on any atom is -0.477 e. The van der Waals surface area contributed by atoms with Crippen molar-refractivity contribution in [3.05, 3.63) is 24.2 Å². The molecule has 0 unspecified atom stereocenters. The Morgan fingerprint density at radius 3 is 2.94 bits per heavy atom. The lowest BCUT2D eigenvalue weighted by molar-refractivity contribution is -0.102. The Morgan fingerprint density at radius 2 is 2.23 bits per heavy atom. The van der Waals surface area contributed by atoms with Crippen molar-refractivity contribution in [3.8, 4) is 5.88 Å².